The summed E-state index contributed by atoms with van der Waals surface area (Å²) < 4.78 is 13.3. The van der Waals surface area contributed by atoms with E-state index in [0.717, 1.165) is 0 Å². The predicted molar refractivity (Wildman–Crippen MR) is 137 cm³/mol. The Morgan fingerprint density at radius 1 is 0.867 bits per heavy atom. The maximum absolute atomic E-state index is 11.9. The van der Waals surface area contributed by atoms with Crippen LogP contribution in [0.15, 0.2) is 0 Å². The summed E-state index contributed by atoms with van der Waals surface area (Å²) in [5.74, 6) is 1.96. The molecule has 3 atom stereocenters. The van der Waals surface area contributed by atoms with Crippen LogP contribution in [-0.4, -0.2) is 48.0 Å². The molecule has 0 radical (unpaired) electrons. The van der Waals surface area contributed by atoms with Crippen LogP contribution in [0.25, 0.3) is 0 Å². The second kappa shape index (κ2) is 10.0. The Morgan fingerprint density at radius 2 is 1.27 bits per heavy atom. The molecule has 0 bridgehead atoms. The Kier molecular flexibility index (Phi) is 9.90. The summed E-state index contributed by atoms with van der Waals surface area (Å²) >= 11 is 0. The van der Waals surface area contributed by atoms with Crippen molar-refractivity contribution in [3.63, 3.8) is 0 Å². The fourth-order valence-corrected chi connectivity index (χ4v) is 5.47. The van der Waals surface area contributed by atoms with Crippen LogP contribution in [-0.2, 0) is 13.6 Å². The molecule has 0 amide bonds. The van der Waals surface area contributed by atoms with Gasteiger partial charge in [-0.3, -0.25) is 4.79 Å². The minimum atomic E-state index is -2.15. The maximum Gasteiger partial charge on any atom is 0.308 e. The summed E-state index contributed by atoms with van der Waals surface area (Å²) in [5.41, 5.74) is 3.46. The first kappa shape index (κ1) is 29.6. The van der Waals surface area contributed by atoms with Gasteiger partial charge in [0.1, 0.15) is 14.2 Å². The molecule has 0 aromatic rings. The smallest absolute Gasteiger partial charge is 0.308 e. The Labute approximate surface area is 189 Å². The van der Waals surface area contributed by atoms with E-state index in [0.29, 0.717) is 6.42 Å². The van der Waals surface area contributed by atoms with E-state index in [1.54, 1.807) is 6.92 Å². The van der Waals surface area contributed by atoms with E-state index in [4.69, 9.17) is 8.85 Å². The van der Waals surface area contributed by atoms with Gasteiger partial charge in [-0.1, -0.05) is 67.1 Å². The van der Waals surface area contributed by atoms with E-state index in [-0.39, 0.29) is 16.2 Å². The number of aliphatic carboxylic acids is 1. The molecule has 176 valence electrons. The van der Waals surface area contributed by atoms with Crippen LogP contribution in [0.4, 0.5) is 0 Å². The Hall–Kier alpha value is -0.399. The van der Waals surface area contributed by atoms with Crippen LogP contribution in [0.5, 0.6) is 0 Å². The second-order valence-electron chi connectivity index (χ2n) is 12.7. The molecular formula is C23H48O4Si3. The Balaban J connectivity index is 6.07. The van der Waals surface area contributed by atoms with Gasteiger partial charge in [-0.05, 0) is 43.2 Å². The highest BCUT2D eigenvalue weighted by Gasteiger charge is 2.43. The number of carboxylic acid groups (broad SMARTS) is 1. The van der Waals surface area contributed by atoms with Gasteiger partial charge in [-0.2, -0.15) is 0 Å². The number of carboxylic acids is 1. The Bertz CT molecular complexity index is 641. The molecule has 0 spiro atoms. The zero-order valence-corrected chi connectivity index (χ0v) is 25.1. The highest BCUT2D eigenvalue weighted by atomic mass is 28.4. The maximum atomic E-state index is 11.9. The minimum absolute atomic E-state index is 0.00323. The Morgan fingerprint density at radius 3 is 1.60 bits per heavy atom. The van der Waals surface area contributed by atoms with E-state index in [9.17, 15) is 9.90 Å². The zero-order valence-electron chi connectivity index (χ0n) is 22.1. The quantitative estimate of drug-likeness (QED) is 0.313. The van der Waals surface area contributed by atoms with E-state index in [2.05, 4.69) is 98.8 Å². The van der Waals surface area contributed by atoms with E-state index in [1.165, 1.54) is 0 Å². The fourth-order valence-electron chi connectivity index (χ4n) is 2.25. The molecule has 0 fully saturated rings. The predicted octanol–water partition coefficient (Wildman–Crippen LogP) is 6.76. The van der Waals surface area contributed by atoms with Crippen LogP contribution in [0.3, 0.4) is 0 Å². The molecule has 0 aliphatic heterocycles. The SMILES string of the molecule is C[C@@H](C(=O)O)[C@H](C[C@@H](C#C[Si](C)(C)C)O[Si](C)(C)C(C)(C)C)O[Si](C)(C)C(C)(C)C. The van der Waals surface area contributed by atoms with Crippen LogP contribution in [0.1, 0.15) is 54.9 Å². The molecular weight excluding hydrogens is 425 g/mol. The largest absolute Gasteiger partial charge is 0.481 e. The number of rotatable bonds is 8. The molecule has 0 saturated carbocycles. The van der Waals surface area contributed by atoms with Gasteiger partial charge in [0.05, 0.1) is 12.0 Å². The summed E-state index contributed by atoms with van der Waals surface area (Å²) in [6.07, 6.45) is -0.243. The van der Waals surface area contributed by atoms with E-state index < -0.39 is 42.7 Å². The van der Waals surface area contributed by atoms with Crippen molar-refractivity contribution >= 4 is 30.7 Å². The second-order valence-corrected chi connectivity index (χ2v) is 26.9. The fraction of sp³-hybridized carbons (Fsp3) is 0.870. The molecule has 7 heteroatoms. The third-order valence-corrected chi connectivity index (χ3v) is 16.4. The zero-order chi connectivity index (χ0) is 24.3. The van der Waals surface area contributed by atoms with Crippen molar-refractivity contribution in [2.24, 2.45) is 5.92 Å². The number of hydrogen-bond acceptors (Lipinski definition) is 3. The molecule has 0 aromatic carbocycles. The molecule has 0 aromatic heterocycles. The van der Waals surface area contributed by atoms with Crippen LogP contribution < -0.4 is 0 Å². The minimum Gasteiger partial charge on any atom is -0.481 e. The lowest BCUT2D eigenvalue weighted by Gasteiger charge is -2.42. The lowest BCUT2D eigenvalue weighted by Crippen LogP contribution is -2.49. The number of carbonyl (C=O) groups is 1. The summed E-state index contributed by atoms with van der Waals surface area (Å²) in [7, 11) is -5.80. The summed E-state index contributed by atoms with van der Waals surface area (Å²) in [5, 5.41) is 9.82. The molecule has 4 nitrogen and oxygen atoms in total. The highest BCUT2D eigenvalue weighted by Crippen LogP contribution is 2.40. The van der Waals surface area contributed by atoms with Crippen molar-refractivity contribution in [3.05, 3.63) is 0 Å². The van der Waals surface area contributed by atoms with Crippen LogP contribution in [0, 0.1) is 17.4 Å². The summed E-state index contributed by atoms with van der Waals surface area (Å²) in [6, 6.07) is 0. The van der Waals surface area contributed by atoms with Gasteiger partial charge >= 0.3 is 5.97 Å². The van der Waals surface area contributed by atoms with Crippen molar-refractivity contribution in [2.45, 2.75) is 123 Å². The number of hydrogen-bond donors (Lipinski definition) is 1. The lowest BCUT2D eigenvalue weighted by atomic mass is 10.00. The van der Waals surface area contributed by atoms with Gasteiger partial charge in [0, 0.05) is 6.42 Å². The van der Waals surface area contributed by atoms with Crippen LogP contribution in [0.2, 0.25) is 55.9 Å². The first-order chi connectivity index (χ1) is 13.0. The lowest BCUT2D eigenvalue weighted by molar-refractivity contribution is -0.144. The van der Waals surface area contributed by atoms with E-state index >= 15 is 0 Å². The van der Waals surface area contributed by atoms with Crippen molar-refractivity contribution in [1.82, 2.24) is 0 Å². The third kappa shape index (κ3) is 9.39. The monoisotopic (exact) mass is 472 g/mol. The normalized spacial score (nSPS) is 17.0. The first-order valence-electron chi connectivity index (χ1n) is 11.1. The van der Waals surface area contributed by atoms with Gasteiger partial charge in [0.25, 0.3) is 0 Å². The van der Waals surface area contributed by atoms with Crippen molar-refractivity contribution < 1.29 is 18.8 Å². The van der Waals surface area contributed by atoms with Crippen LogP contribution >= 0.6 is 0 Å². The first-order valence-corrected chi connectivity index (χ1v) is 20.4. The average molecular weight is 473 g/mol. The van der Waals surface area contributed by atoms with E-state index in [1.807, 2.05) is 0 Å². The van der Waals surface area contributed by atoms with Gasteiger partial charge in [-0.15, -0.1) is 5.54 Å². The van der Waals surface area contributed by atoms with Gasteiger partial charge in [-0.25, -0.2) is 0 Å². The molecule has 30 heavy (non-hydrogen) atoms. The van der Waals surface area contributed by atoms with Crippen molar-refractivity contribution in [2.75, 3.05) is 0 Å². The molecule has 0 unspecified atom stereocenters. The summed E-state index contributed by atoms with van der Waals surface area (Å²) in [4.78, 5) is 11.9. The van der Waals surface area contributed by atoms with Gasteiger partial charge < -0.3 is 14.0 Å². The molecule has 1 N–H and O–H groups in total. The summed E-state index contributed by atoms with van der Waals surface area (Å²) in [6.45, 7) is 30.4. The molecule has 0 rings (SSSR count). The molecule has 0 aliphatic carbocycles. The standard InChI is InChI=1S/C23H48O4Si3/c1-18(21(24)25)20(27-30(13,14)23(5,6)7)17-19(15-16-28(8,9)10)26-29(11,12)22(2,3)4/h18-20H,17H2,1-14H3,(H,24,25)/t18-,19-,20+/m1/s1. The van der Waals surface area contributed by atoms with Crippen molar-refractivity contribution in [3.8, 4) is 11.5 Å². The van der Waals surface area contributed by atoms with Crippen molar-refractivity contribution in [1.29, 1.82) is 0 Å². The van der Waals surface area contributed by atoms with Gasteiger partial charge in [0.15, 0.2) is 16.6 Å². The molecule has 0 heterocycles. The topological polar surface area (TPSA) is 55.8 Å². The third-order valence-electron chi connectivity index (χ3n) is 6.50. The average Bonchev–Trinajstić information content (AvgIpc) is 2.47. The van der Waals surface area contributed by atoms with Gasteiger partial charge in [0.2, 0.25) is 0 Å². The molecule has 0 aliphatic rings. The molecule has 0 saturated heterocycles. The highest BCUT2D eigenvalue weighted by molar-refractivity contribution is 6.83.